The standard InChI is InChI=1S/C27H22ClF3N4O/c28-22-14-25-20(13-23(22)30)21-16-34(10-1-2-17-3-5-19(29)6-4-17)11-8-24(21)35(25)27(36)33-15-18-7-9-32-26(31)12-18/h1-7,9,12-14H,8,10-11,15-16H2,(H,33,36). The van der Waals surface area contributed by atoms with Crippen LogP contribution in [-0.4, -0.2) is 33.6 Å². The fourth-order valence-corrected chi connectivity index (χ4v) is 4.67. The number of rotatable bonds is 5. The molecule has 1 N–H and O–H groups in total. The topological polar surface area (TPSA) is 50.2 Å². The molecule has 184 valence electrons. The van der Waals surface area contributed by atoms with Crippen molar-refractivity contribution in [2.75, 3.05) is 13.1 Å². The van der Waals surface area contributed by atoms with E-state index in [2.05, 4.69) is 15.2 Å². The summed E-state index contributed by atoms with van der Waals surface area (Å²) in [6, 6.07) is 11.6. The van der Waals surface area contributed by atoms with E-state index in [0.29, 0.717) is 42.5 Å². The van der Waals surface area contributed by atoms with Gasteiger partial charge in [-0.3, -0.25) is 9.47 Å². The molecule has 1 aliphatic heterocycles. The lowest BCUT2D eigenvalue weighted by Gasteiger charge is -2.27. The number of benzene rings is 2. The molecule has 0 aliphatic carbocycles. The molecule has 2 aromatic carbocycles. The third kappa shape index (κ3) is 5.01. The summed E-state index contributed by atoms with van der Waals surface area (Å²) < 4.78 is 42.5. The number of pyridine rings is 1. The molecule has 4 aromatic rings. The highest BCUT2D eigenvalue weighted by Gasteiger charge is 2.27. The molecular weight excluding hydrogens is 489 g/mol. The Kier molecular flexibility index (Phi) is 6.80. The number of hydrogen-bond acceptors (Lipinski definition) is 3. The Hall–Kier alpha value is -3.62. The number of hydrogen-bond donors (Lipinski definition) is 1. The summed E-state index contributed by atoms with van der Waals surface area (Å²) in [4.78, 5) is 18.9. The van der Waals surface area contributed by atoms with Gasteiger partial charge in [-0.2, -0.15) is 4.39 Å². The highest BCUT2D eigenvalue weighted by atomic mass is 35.5. The Morgan fingerprint density at radius 3 is 2.69 bits per heavy atom. The van der Waals surface area contributed by atoms with Crippen molar-refractivity contribution in [3.05, 3.63) is 106 Å². The van der Waals surface area contributed by atoms with Crippen LogP contribution in [0.3, 0.4) is 0 Å². The molecule has 5 nitrogen and oxygen atoms in total. The molecule has 0 spiro atoms. The number of fused-ring (bicyclic) bond motifs is 3. The third-order valence-electron chi connectivity index (χ3n) is 6.25. The van der Waals surface area contributed by atoms with E-state index in [4.69, 9.17) is 11.6 Å². The van der Waals surface area contributed by atoms with Crippen LogP contribution in [0.5, 0.6) is 0 Å². The summed E-state index contributed by atoms with van der Waals surface area (Å²) in [7, 11) is 0. The molecule has 1 amide bonds. The average Bonchev–Trinajstić information content (AvgIpc) is 3.16. The van der Waals surface area contributed by atoms with Gasteiger partial charge in [-0.1, -0.05) is 35.9 Å². The fraction of sp³-hybridized carbons (Fsp3) is 0.185. The molecule has 3 heterocycles. The largest absolute Gasteiger partial charge is 0.333 e. The van der Waals surface area contributed by atoms with Gasteiger partial charge in [0.2, 0.25) is 5.95 Å². The lowest BCUT2D eigenvalue weighted by atomic mass is 10.0. The molecule has 0 saturated carbocycles. The van der Waals surface area contributed by atoms with Gasteiger partial charge in [0.1, 0.15) is 11.6 Å². The monoisotopic (exact) mass is 510 g/mol. The highest BCUT2D eigenvalue weighted by molar-refractivity contribution is 6.31. The molecule has 9 heteroatoms. The van der Waals surface area contributed by atoms with Gasteiger partial charge in [-0.15, -0.1) is 0 Å². The van der Waals surface area contributed by atoms with E-state index in [1.807, 2.05) is 12.2 Å². The van der Waals surface area contributed by atoms with Gasteiger partial charge >= 0.3 is 6.03 Å². The number of halogens is 4. The normalized spacial score (nSPS) is 13.9. The summed E-state index contributed by atoms with van der Waals surface area (Å²) in [5.41, 5.74) is 3.65. The van der Waals surface area contributed by atoms with E-state index in [0.717, 1.165) is 16.8 Å². The summed E-state index contributed by atoms with van der Waals surface area (Å²) in [5.74, 6) is -1.46. The Morgan fingerprint density at radius 1 is 1.11 bits per heavy atom. The quantitative estimate of drug-likeness (QED) is 0.338. The van der Waals surface area contributed by atoms with Crippen molar-refractivity contribution >= 4 is 34.6 Å². The maximum Gasteiger partial charge on any atom is 0.326 e. The zero-order valence-electron chi connectivity index (χ0n) is 19.1. The molecule has 2 aromatic heterocycles. The predicted molar refractivity (Wildman–Crippen MR) is 133 cm³/mol. The molecule has 0 fully saturated rings. The molecule has 0 saturated heterocycles. The zero-order valence-corrected chi connectivity index (χ0v) is 19.9. The number of carbonyl (C=O) groups is 1. The number of nitrogens with one attached hydrogen (secondary N) is 1. The molecule has 1 aliphatic rings. The smallest absolute Gasteiger partial charge is 0.326 e. The molecule has 0 bridgehead atoms. The van der Waals surface area contributed by atoms with E-state index >= 15 is 0 Å². The van der Waals surface area contributed by atoms with Gasteiger partial charge in [0, 0.05) is 49.9 Å². The van der Waals surface area contributed by atoms with Crippen LogP contribution >= 0.6 is 11.6 Å². The maximum absolute atomic E-state index is 14.4. The summed E-state index contributed by atoms with van der Waals surface area (Å²) in [6.45, 7) is 1.97. The van der Waals surface area contributed by atoms with E-state index < -0.39 is 17.8 Å². The molecule has 0 radical (unpaired) electrons. The van der Waals surface area contributed by atoms with Crippen molar-refractivity contribution < 1.29 is 18.0 Å². The van der Waals surface area contributed by atoms with Crippen molar-refractivity contribution in [1.29, 1.82) is 0 Å². The fourth-order valence-electron chi connectivity index (χ4n) is 4.51. The first-order valence-corrected chi connectivity index (χ1v) is 11.8. The molecule has 0 unspecified atom stereocenters. The number of carbonyl (C=O) groups excluding carboxylic acids is 1. The molecule has 36 heavy (non-hydrogen) atoms. The first-order chi connectivity index (χ1) is 17.4. The van der Waals surface area contributed by atoms with Crippen LogP contribution in [0.15, 0.2) is 60.8 Å². The van der Waals surface area contributed by atoms with Gasteiger partial charge in [-0.25, -0.2) is 18.6 Å². The van der Waals surface area contributed by atoms with Crippen LogP contribution in [0.25, 0.3) is 17.0 Å². The van der Waals surface area contributed by atoms with Crippen molar-refractivity contribution in [2.24, 2.45) is 0 Å². The average molecular weight is 511 g/mol. The van der Waals surface area contributed by atoms with Gasteiger partial charge in [0.05, 0.1) is 10.5 Å². The second-order valence-electron chi connectivity index (χ2n) is 8.63. The SMILES string of the molecule is O=C(NCc1ccnc(F)c1)n1c2c(c3cc(F)c(Cl)cc31)CN(CC=Cc1ccc(F)cc1)CC2. The van der Waals surface area contributed by atoms with E-state index in [-0.39, 0.29) is 17.4 Å². The lowest BCUT2D eigenvalue weighted by molar-refractivity contribution is 0.240. The minimum Gasteiger partial charge on any atom is -0.333 e. The number of nitrogens with zero attached hydrogens (tertiary/aromatic N) is 3. The molecule has 5 rings (SSSR count). The third-order valence-corrected chi connectivity index (χ3v) is 6.54. The Labute approximate surface area is 210 Å². The van der Waals surface area contributed by atoms with Gasteiger partial charge in [0.15, 0.2) is 0 Å². The minimum absolute atomic E-state index is 0.0679. The first-order valence-electron chi connectivity index (χ1n) is 11.4. The summed E-state index contributed by atoms with van der Waals surface area (Å²) in [5, 5.41) is 3.37. The van der Waals surface area contributed by atoms with Crippen LogP contribution in [0, 0.1) is 17.6 Å². The van der Waals surface area contributed by atoms with Crippen LogP contribution in [-0.2, 0) is 19.5 Å². The van der Waals surface area contributed by atoms with Crippen LogP contribution in [0.2, 0.25) is 5.02 Å². The van der Waals surface area contributed by atoms with Crippen LogP contribution in [0.1, 0.15) is 22.4 Å². The van der Waals surface area contributed by atoms with Crippen LogP contribution < -0.4 is 5.32 Å². The zero-order chi connectivity index (χ0) is 25.2. The first kappa shape index (κ1) is 24.1. The highest BCUT2D eigenvalue weighted by Crippen LogP contribution is 2.34. The predicted octanol–water partition coefficient (Wildman–Crippen LogP) is 5.94. The van der Waals surface area contributed by atoms with Crippen LogP contribution in [0.4, 0.5) is 18.0 Å². The van der Waals surface area contributed by atoms with Gasteiger partial charge < -0.3 is 5.32 Å². The Morgan fingerprint density at radius 2 is 1.92 bits per heavy atom. The second kappa shape index (κ2) is 10.2. The Bertz CT molecular complexity index is 1470. The summed E-state index contributed by atoms with van der Waals surface area (Å²) >= 11 is 6.07. The summed E-state index contributed by atoms with van der Waals surface area (Å²) in [6.07, 6.45) is 5.83. The minimum atomic E-state index is -0.624. The van der Waals surface area contributed by atoms with E-state index in [1.54, 1.807) is 22.8 Å². The maximum atomic E-state index is 14.4. The van der Waals surface area contributed by atoms with Crippen molar-refractivity contribution in [2.45, 2.75) is 19.5 Å². The van der Waals surface area contributed by atoms with Crippen molar-refractivity contribution in [3.8, 4) is 0 Å². The number of aromatic nitrogens is 2. The molecular formula is C27H22ClF3N4O. The van der Waals surface area contributed by atoms with Gasteiger partial charge in [0.25, 0.3) is 0 Å². The lowest BCUT2D eigenvalue weighted by Crippen LogP contribution is -2.34. The van der Waals surface area contributed by atoms with Crippen molar-refractivity contribution in [1.82, 2.24) is 19.8 Å². The molecule has 0 atom stereocenters. The second-order valence-corrected chi connectivity index (χ2v) is 9.04. The van der Waals surface area contributed by atoms with Crippen molar-refractivity contribution in [3.63, 3.8) is 0 Å². The van der Waals surface area contributed by atoms with Gasteiger partial charge in [-0.05, 0) is 53.1 Å². The van der Waals surface area contributed by atoms with E-state index in [9.17, 15) is 18.0 Å². The number of amides is 1. The van der Waals surface area contributed by atoms with E-state index in [1.165, 1.54) is 36.5 Å². The Balaban J connectivity index is 1.40.